The van der Waals surface area contributed by atoms with Gasteiger partial charge in [0.05, 0.1) is 53.0 Å². The fourth-order valence-electron chi connectivity index (χ4n) is 3.34. The Morgan fingerprint density at radius 3 is 1.97 bits per heavy atom. The molecule has 0 aromatic heterocycles. The van der Waals surface area contributed by atoms with Crippen molar-refractivity contribution in [1.82, 2.24) is 5.43 Å². The maximum atomic E-state index is 12.8. The minimum atomic E-state index is -0.520. The lowest BCUT2D eigenvalue weighted by molar-refractivity contribution is 0.0956. The maximum Gasteiger partial charge on any atom is 0.273 e. The molecule has 2 amide bonds. The summed E-state index contributed by atoms with van der Waals surface area (Å²) in [6, 6.07) is 14.7. The van der Waals surface area contributed by atoms with Crippen LogP contribution in [0.1, 0.15) is 26.3 Å². The standard InChI is InChI=1S/C26H27N3O7/c1-32-20-11-10-16(12-22(20)34-3)25(30)28-19-9-7-6-8-18(19)26(31)29-27-15-17-13-23(35-4)24(36-5)14-21(17)33-2/h6-15H,1-5H3,(H,28,30)(H,29,31)/b27-15+. The lowest BCUT2D eigenvalue weighted by Gasteiger charge is -2.12. The van der Waals surface area contributed by atoms with E-state index in [0.717, 1.165) is 0 Å². The quantitative estimate of drug-likeness (QED) is 0.326. The number of para-hydroxylation sites is 1. The molecule has 0 spiro atoms. The van der Waals surface area contributed by atoms with Gasteiger partial charge in [0.15, 0.2) is 23.0 Å². The largest absolute Gasteiger partial charge is 0.496 e. The molecule has 0 saturated heterocycles. The maximum absolute atomic E-state index is 12.8. The molecular weight excluding hydrogens is 466 g/mol. The van der Waals surface area contributed by atoms with Crippen molar-refractivity contribution < 1.29 is 33.3 Å². The molecule has 0 aliphatic heterocycles. The number of rotatable bonds is 10. The van der Waals surface area contributed by atoms with Crippen LogP contribution in [0.15, 0.2) is 59.7 Å². The van der Waals surface area contributed by atoms with Crippen LogP contribution in [0, 0.1) is 0 Å². The highest BCUT2D eigenvalue weighted by atomic mass is 16.5. The number of nitrogens with zero attached hydrogens (tertiary/aromatic N) is 1. The summed E-state index contributed by atoms with van der Waals surface area (Å²) in [5.74, 6) is 1.43. The number of hydrogen-bond acceptors (Lipinski definition) is 8. The van der Waals surface area contributed by atoms with Crippen molar-refractivity contribution in [2.75, 3.05) is 40.9 Å². The van der Waals surface area contributed by atoms with E-state index < -0.39 is 11.8 Å². The van der Waals surface area contributed by atoms with Crippen molar-refractivity contribution in [2.45, 2.75) is 0 Å². The van der Waals surface area contributed by atoms with Crippen molar-refractivity contribution in [1.29, 1.82) is 0 Å². The van der Waals surface area contributed by atoms with E-state index in [2.05, 4.69) is 15.8 Å². The average molecular weight is 494 g/mol. The van der Waals surface area contributed by atoms with Gasteiger partial charge in [0.2, 0.25) is 0 Å². The third kappa shape index (κ3) is 5.84. The number of anilines is 1. The van der Waals surface area contributed by atoms with Crippen molar-refractivity contribution in [2.24, 2.45) is 5.10 Å². The van der Waals surface area contributed by atoms with Gasteiger partial charge < -0.3 is 29.0 Å². The molecule has 188 valence electrons. The molecule has 0 atom stereocenters. The molecule has 36 heavy (non-hydrogen) atoms. The molecule has 3 aromatic carbocycles. The summed E-state index contributed by atoms with van der Waals surface area (Å²) in [5.41, 5.74) is 3.90. The molecular formula is C26H27N3O7. The number of methoxy groups -OCH3 is 5. The van der Waals surface area contributed by atoms with E-state index in [0.29, 0.717) is 45.6 Å². The first-order valence-electron chi connectivity index (χ1n) is 10.7. The van der Waals surface area contributed by atoms with Crippen LogP contribution in [0.3, 0.4) is 0 Å². The smallest absolute Gasteiger partial charge is 0.273 e. The lowest BCUT2D eigenvalue weighted by atomic mass is 10.1. The monoisotopic (exact) mass is 493 g/mol. The zero-order valence-electron chi connectivity index (χ0n) is 20.6. The average Bonchev–Trinajstić information content (AvgIpc) is 2.92. The normalized spacial score (nSPS) is 10.5. The summed E-state index contributed by atoms with van der Waals surface area (Å²) in [6.07, 6.45) is 1.42. The van der Waals surface area contributed by atoms with Gasteiger partial charge in [-0.05, 0) is 36.4 Å². The highest BCUT2D eigenvalue weighted by Crippen LogP contribution is 2.33. The van der Waals surface area contributed by atoms with Gasteiger partial charge in [-0.1, -0.05) is 12.1 Å². The zero-order chi connectivity index (χ0) is 26.1. The molecule has 3 rings (SSSR count). The van der Waals surface area contributed by atoms with E-state index in [9.17, 15) is 9.59 Å². The molecule has 0 fully saturated rings. The van der Waals surface area contributed by atoms with Crippen molar-refractivity contribution in [3.05, 3.63) is 71.3 Å². The molecule has 2 N–H and O–H groups in total. The number of carbonyl (C=O) groups is 2. The van der Waals surface area contributed by atoms with E-state index >= 15 is 0 Å². The third-order valence-electron chi connectivity index (χ3n) is 5.17. The van der Waals surface area contributed by atoms with Gasteiger partial charge in [0, 0.05) is 17.2 Å². The Kier molecular flexibility index (Phi) is 8.71. The van der Waals surface area contributed by atoms with E-state index in [1.165, 1.54) is 41.8 Å². The summed E-state index contributed by atoms with van der Waals surface area (Å²) in [5, 5.41) is 6.79. The number of hydrogen-bond donors (Lipinski definition) is 2. The highest BCUT2D eigenvalue weighted by molar-refractivity contribution is 6.09. The van der Waals surface area contributed by atoms with Crippen molar-refractivity contribution in [3.8, 4) is 28.7 Å². The number of hydrazone groups is 1. The molecule has 0 aliphatic rings. The molecule has 3 aromatic rings. The molecule has 0 radical (unpaired) electrons. The Labute approximate surface area is 208 Å². The van der Waals surface area contributed by atoms with Crippen LogP contribution in [-0.2, 0) is 0 Å². The zero-order valence-corrected chi connectivity index (χ0v) is 20.6. The first-order valence-corrected chi connectivity index (χ1v) is 10.7. The van der Waals surface area contributed by atoms with Crippen LogP contribution in [0.5, 0.6) is 28.7 Å². The third-order valence-corrected chi connectivity index (χ3v) is 5.17. The van der Waals surface area contributed by atoms with Gasteiger partial charge in [0.25, 0.3) is 11.8 Å². The van der Waals surface area contributed by atoms with Gasteiger partial charge in [-0.2, -0.15) is 5.10 Å². The highest BCUT2D eigenvalue weighted by Gasteiger charge is 2.16. The second kappa shape index (κ2) is 12.1. The molecule has 10 nitrogen and oxygen atoms in total. The van der Waals surface area contributed by atoms with Gasteiger partial charge in [-0.3, -0.25) is 9.59 Å². The van der Waals surface area contributed by atoms with E-state index in [4.69, 9.17) is 23.7 Å². The van der Waals surface area contributed by atoms with Gasteiger partial charge in [-0.15, -0.1) is 0 Å². The van der Waals surface area contributed by atoms with Crippen LogP contribution in [-0.4, -0.2) is 53.6 Å². The Morgan fingerprint density at radius 1 is 0.694 bits per heavy atom. The lowest BCUT2D eigenvalue weighted by Crippen LogP contribution is -2.21. The Balaban J connectivity index is 1.77. The van der Waals surface area contributed by atoms with Gasteiger partial charge >= 0.3 is 0 Å². The Bertz CT molecular complexity index is 1270. The van der Waals surface area contributed by atoms with Crippen LogP contribution in [0.25, 0.3) is 0 Å². The molecule has 10 heteroatoms. The predicted octanol–water partition coefficient (Wildman–Crippen LogP) is 3.75. The number of nitrogens with one attached hydrogen (secondary N) is 2. The molecule has 0 unspecified atom stereocenters. The SMILES string of the molecule is COc1cc(OC)c(OC)cc1/C=N/NC(=O)c1ccccc1NC(=O)c1ccc(OC)c(OC)c1. The summed E-state index contributed by atoms with van der Waals surface area (Å²) in [6.45, 7) is 0. The fourth-order valence-corrected chi connectivity index (χ4v) is 3.34. The van der Waals surface area contributed by atoms with Crippen molar-refractivity contribution >= 4 is 23.7 Å². The Morgan fingerprint density at radius 2 is 1.31 bits per heavy atom. The van der Waals surface area contributed by atoms with Crippen LogP contribution in [0.2, 0.25) is 0 Å². The van der Waals surface area contributed by atoms with Gasteiger partial charge in [0.1, 0.15) is 5.75 Å². The molecule has 0 saturated carbocycles. The summed E-state index contributed by atoms with van der Waals surface area (Å²) >= 11 is 0. The molecule has 0 heterocycles. The van der Waals surface area contributed by atoms with E-state index in [-0.39, 0.29) is 5.56 Å². The summed E-state index contributed by atoms with van der Waals surface area (Å²) in [7, 11) is 7.54. The topological polar surface area (TPSA) is 117 Å². The first-order chi connectivity index (χ1) is 17.4. The minimum absolute atomic E-state index is 0.225. The number of amides is 2. The second-order valence-corrected chi connectivity index (χ2v) is 7.22. The van der Waals surface area contributed by atoms with Crippen LogP contribution in [0.4, 0.5) is 5.69 Å². The molecule has 0 aliphatic carbocycles. The number of ether oxygens (including phenoxy) is 5. The van der Waals surface area contributed by atoms with Gasteiger partial charge in [-0.25, -0.2) is 5.43 Å². The van der Waals surface area contributed by atoms with E-state index in [1.807, 2.05) is 0 Å². The van der Waals surface area contributed by atoms with E-state index in [1.54, 1.807) is 54.6 Å². The summed E-state index contributed by atoms with van der Waals surface area (Å²) < 4.78 is 26.4. The molecule has 0 bridgehead atoms. The number of carbonyl (C=O) groups excluding carboxylic acids is 2. The van der Waals surface area contributed by atoms with Crippen LogP contribution >= 0.6 is 0 Å². The van der Waals surface area contributed by atoms with Crippen molar-refractivity contribution in [3.63, 3.8) is 0 Å². The Hall–Kier alpha value is -4.73. The summed E-state index contributed by atoms with van der Waals surface area (Å²) in [4.78, 5) is 25.7. The first kappa shape index (κ1) is 25.9. The second-order valence-electron chi connectivity index (χ2n) is 7.22. The fraction of sp³-hybridized carbons (Fsp3) is 0.192. The number of benzene rings is 3. The van der Waals surface area contributed by atoms with Crippen LogP contribution < -0.4 is 34.4 Å². The predicted molar refractivity (Wildman–Crippen MR) is 135 cm³/mol. The minimum Gasteiger partial charge on any atom is -0.496 e.